The minimum atomic E-state index is -0.980. The van der Waals surface area contributed by atoms with E-state index in [0.717, 1.165) is 16.3 Å². The molecule has 0 aliphatic carbocycles. The maximum Gasteiger partial charge on any atom is 0.266 e. The molecule has 136 valence electrons. The van der Waals surface area contributed by atoms with Gasteiger partial charge in [-0.15, -0.1) is 0 Å². The summed E-state index contributed by atoms with van der Waals surface area (Å²) in [5.74, 6) is -1.48. The Morgan fingerprint density at radius 1 is 1.04 bits per heavy atom. The molecule has 4 rings (SSSR count). The molecule has 3 N–H and O–H groups in total. The van der Waals surface area contributed by atoms with Gasteiger partial charge >= 0.3 is 0 Å². The number of hydrogen-bond acceptors (Lipinski definition) is 3. The highest BCUT2D eigenvalue weighted by Gasteiger charge is 2.41. The molecule has 0 spiro atoms. The van der Waals surface area contributed by atoms with Crippen LogP contribution in [0.25, 0.3) is 10.8 Å². The lowest BCUT2D eigenvalue weighted by atomic mass is 9.80. The van der Waals surface area contributed by atoms with Crippen LogP contribution in [0.4, 0.5) is 5.69 Å². The Kier molecular flexibility index (Phi) is 4.28. The monoisotopic (exact) mass is 360 g/mol. The molecule has 27 heavy (non-hydrogen) atoms. The molecule has 3 atom stereocenters. The van der Waals surface area contributed by atoms with Crippen molar-refractivity contribution in [1.82, 2.24) is 0 Å². The fourth-order valence-electron chi connectivity index (χ4n) is 3.80. The minimum Gasteiger partial charge on any atom is -0.478 e. The van der Waals surface area contributed by atoms with E-state index in [-0.39, 0.29) is 11.8 Å². The zero-order valence-corrected chi connectivity index (χ0v) is 14.9. The fourth-order valence-corrected chi connectivity index (χ4v) is 3.80. The smallest absolute Gasteiger partial charge is 0.266 e. The van der Waals surface area contributed by atoms with Gasteiger partial charge in [0, 0.05) is 0 Å². The van der Waals surface area contributed by atoms with E-state index in [0.29, 0.717) is 11.4 Å². The van der Waals surface area contributed by atoms with Gasteiger partial charge in [-0.25, -0.2) is 0 Å². The molecular formula is C22H20N2O3. The van der Waals surface area contributed by atoms with Crippen molar-refractivity contribution in [3.8, 4) is 5.75 Å². The highest BCUT2D eigenvalue weighted by Crippen LogP contribution is 2.37. The topological polar surface area (TPSA) is 81.4 Å². The lowest BCUT2D eigenvalue weighted by Crippen LogP contribution is -2.49. The summed E-state index contributed by atoms with van der Waals surface area (Å²) in [5.41, 5.74) is 7.30. The van der Waals surface area contributed by atoms with E-state index >= 15 is 0 Å². The van der Waals surface area contributed by atoms with Gasteiger partial charge in [0.15, 0.2) is 6.10 Å². The van der Waals surface area contributed by atoms with Gasteiger partial charge in [0.05, 0.1) is 11.6 Å². The van der Waals surface area contributed by atoms with E-state index in [1.807, 2.05) is 61.5 Å². The Bertz CT molecular complexity index is 1030. The summed E-state index contributed by atoms with van der Waals surface area (Å²) in [6, 6.07) is 21.1. The van der Waals surface area contributed by atoms with Gasteiger partial charge < -0.3 is 15.8 Å². The van der Waals surface area contributed by atoms with Gasteiger partial charge in [0.1, 0.15) is 5.75 Å². The molecule has 2 amide bonds. The lowest BCUT2D eigenvalue weighted by molar-refractivity contribution is -0.135. The van der Waals surface area contributed by atoms with Crippen LogP contribution >= 0.6 is 0 Å². The van der Waals surface area contributed by atoms with Gasteiger partial charge in [-0.1, -0.05) is 61.5 Å². The van der Waals surface area contributed by atoms with Crippen LogP contribution < -0.4 is 15.8 Å². The molecule has 1 aliphatic heterocycles. The van der Waals surface area contributed by atoms with Gasteiger partial charge in [-0.05, 0) is 34.4 Å². The van der Waals surface area contributed by atoms with E-state index in [9.17, 15) is 9.59 Å². The minimum absolute atomic E-state index is 0.297. The van der Waals surface area contributed by atoms with Crippen molar-refractivity contribution < 1.29 is 14.3 Å². The maximum absolute atomic E-state index is 12.7. The molecular weight excluding hydrogens is 340 g/mol. The molecule has 3 aromatic carbocycles. The number of primary amides is 1. The fraction of sp³-hybridized carbons (Fsp3) is 0.182. The number of carbonyl (C=O) groups is 2. The molecule has 0 radical (unpaired) electrons. The van der Waals surface area contributed by atoms with Crippen molar-refractivity contribution in [2.75, 3.05) is 5.32 Å². The SMILES string of the molecule is C[C@@H](c1cccc2ccccc12)C(C(N)=O)C1Oc2ccccc2NC1=O. The van der Waals surface area contributed by atoms with Crippen LogP contribution in [0.1, 0.15) is 18.4 Å². The second-order valence-corrected chi connectivity index (χ2v) is 6.81. The second-order valence-electron chi connectivity index (χ2n) is 6.81. The molecule has 2 unspecified atom stereocenters. The van der Waals surface area contributed by atoms with Crippen molar-refractivity contribution in [3.63, 3.8) is 0 Å². The van der Waals surface area contributed by atoms with Gasteiger partial charge in [0.25, 0.3) is 5.91 Å². The third-order valence-corrected chi connectivity index (χ3v) is 5.16. The molecule has 0 aromatic heterocycles. The average Bonchev–Trinajstić information content (AvgIpc) is 2.67. The first-order valence-corrected chi connectivity index (χ1v) is 8.90. The van der Waals surface area contributed by atoms with Crippen LogP contribution in [-0.2, 0) is 9.59 Å². The highest BCUT2D eigenvalue weighted by molar-refractivity contribution is 6.01. The Labute approximate surface area is 157 Å². The number of ether oxygens (including phenoxy) is 1. The van der Waals surface area contributed by atoms with Gasteiger partial charge in [0.2, 0.25) is 5.91 Å². The van der Waals surface area contributed by atoms with Crippen LogP contribution in [0, 0.1) is 5.92 Å². The number of amides is 2. The van der Waals surface area contributed by atoms with E-state index in [4.69, 9.17) is 10.5 Å². The third kappa shape index (κ3) is 3.01. The largest absolute Gasteiger partial charge is 0.478 e. The molecule has 0 saturated heterocycles. The number of nitrogens with two attached hydrogens (primary N) is 1. The molecule has 0 saturated carbocycles. The average molecular weight is 360 g/mol. The first-order chi connectivity index (χ1) is 13.1. The second kappa shape index (κ2) is 6.76. The Hall–Kier alpha value is -3.34. The number of para-hydroxylation sites is 2. The van der Waals surface area contributed by atoms with Crippen molar-refractivity contribution in [2.45, 2.75) is 18.9 Å². The molecule has 0 fully saturated rings. The number of anilines is 1. The van der Waals surface area contributed by atoms with E-state index in [1.54, 1.807) is 12.1 Å². The quantitative estimate of drug-likeness (QED) is 0.748. The predicted octanol–water partition coefficient (Wildman–Crippen LogP) is 3.44. The maximum atomic E-state index is 12.7. The van der Waals surface area contributed by atoms with Crippen molar-refractivity contribution in [2.24, 2.45) is 11.7 Å². The highest BCUT2D eigenvalue weighted by atomic mass is 16.5. The Balaban J connectivity index is 1.75. The zero-order chi connectivity index (χ0) is 19.0. The number of carbonyl (C=O) groups excluding carboxylic acids is 2. The number of rotatable bonds is 4. The number of nitrogens with one attached hydrogen (secondary N) is 1. The number of benzene rings is 3. The van der Waals surface area contributed by atoms with Crippen LogP contribution in [-0.4, -0.2) is 17.9 Å². The van der Waals surface area contributed by atoms with E-state index < -0.39 is 17.9 Å². The molecule has 5 nitrogen and oxygen atoms in total. The first-order valence-electron chi connectivity index (χ1n) is 8.90. The lowest BCUT2D eigenvalue weighted by Gasteiger charge is -2.33. The standard InChI is InChI=1S/C22H20N2O3/c1-13(15-10-6-8-14-7-2-3-9-16(14)15)19(21(23)25)20-22(26)24-17-11-4-5-12-18(17)27-20/h2-13,19-20H,1H3,(H2,23,25)(H,24,26)/t13-,19?,20?/m0/s1. The van der Waals surface area contributed by atoms with Crippen LogP contribution in [0.5, 0.6) is 5.75 Å². The summed E-state index contributed by atoms with van der Waals surface area (Å²) < 4.78 is 5.91. The molecule has 0 bridgehead atoms. The molecule has 5 heteroatoms. The normalized spacial score (nSPS) is 18.1. The van der Waals surface area contributed by atoms with Crippen molar-refractivity contribution >= 4 is 28.3 Å². The molecule has 1 heterocycles. The molecule has 3 aromatic rings. The Morgan fingerprint density at radius 3 is 2.56 bits per heavy atom. The summed E-state index contributed by atoms with van der Waals surface area (Å²) in [6.07, 6.45) is -0.980. The zero-order valence-electron chi connectivity index (χ0n) is 14.9. The van der Waals surface area contributed by atoms with E-state index in [2.05, 4.69) is 5.32 Å². The van der Waals surface area contributed by atoms with Crippen LogP contribution in [0.2, 0.25) is 0 Å². The first kappa shape index (κ1) is 17.1. The van der Waals surface area contributed by atoms with Crippen LogP contribution in [0.3, 0.4) is 0 Å². The van der Waals surface area contributed by atoms with Crippen LogP contribution in [0.15, 0.2) is 66.7 Å². The summed E-state index contributed by atoms with van der Waals surface area (Å²) in [6.45, 7) is 1.91. The Morgan fingerprint density at radius 2 is 1.74 bits per heavy atom. The summed E-state index contributed by atoms with van der Waals surface area (Å²) in [4.78, 5) is 25.0. The summed E-state index contributed by atoms with van der Waals surface area (Å²) in [5, 5.41) is 4.93. The molecule has 1 aliphatic rings. The number of fused-ring (bicyclic) bond motifs is 2. The summed E-state index contributed by atoms with van der Waals surface area (Å²) >= 11 is 0. The third-order valence-electron chi connectivity index (χ3n) is 5.16. The predicted molar refractivity (Wildman–Crippen MR) is 105 cm³/mol. The van der Waals surface area contributed by atoms with Crippen molar-refractivity contribution in [3.05, 3.63) is 72.3 Å². The van der Waals surface area contributed by atoms with Crippen molar-refractivity contribution in [1.29, 1.82) is 0 Å². The van der Waals surface area contributed by atoms with E-state index in [1.165, 1.54) is 0 Å². The summed E-state index contributed by atoms with van der Waals surface area (Å²) in [7, 11) is 0. The van der Waals surface area contributed by atoms with Gasteiger partial charge in [-0.3, -0.25) is 9.59 Å². The number of hydrogen-bond donors (Lipinski definition) is 2. The van der Waals surface area contributed by atoms with Gasteiger partial charge in [-0.2, -0.15) is 0 Å².